The van der Waals surface area contributed by atoms with Crippen LogP contribution in [0.25, 0.3) is 10.9 Å². The summed E-state index contributed by atoms with van der Waals surface area (Å²) in [7, 11) is 0. The summed E-state index contributed by atoms with van der Waals surface area (Å²) >= 11 is 0. The van der Waals surface area contributed by atoms with Crippen LogP contribution in [0, 0.1) is 6.92 Å². The van der Waals surface area contributed by atoms with Gasteiger partial charge in [0.05, 0.1) is 0 Å². The van der Waals surface area contributed by atoms with E-state index in [-0.39, 0.29) is 0 Å². The molecule has 1 aromatic carbocycles. The maximum absolute atomic E-state index is 3.60. The van der Waals surface area contributed by atoms with Crippen LogP contribution >= 0.6 is 0 Å². The summed E-state index contributed by atoms with van der Waals surface area (Å²) in [6.45, 7) is 5.52. The predicted octanol–water partition coefficient (Wildman–Crippen LogP) is 3.33. The van der Waals surface area contributed by atoms with E-state index >= 15 is 0 Å². The highest BCUT2D eigenvalue weighted by molar-refractivity contribution is 5.85. The Bertz CT molecular complexity index is 549. The molecule has 1 aromatic heterocycles. The first kappa shape index (κ1) is 11.8. The first-order valence-corrected chi connectivity index (χ1v) is 7.11. The first-order chi connectivity index (χ1) is 8.78. The van der Waals surface area contributed by atoms with Crippen molar-refractivity contribution in [3.05, 3.63) is 35.0 Å². The third kappa shape index (κ3) is 2.30. The number of aromatic amines is 1. The number of hydrogen-bond donors (Lipinski definition) is 2. The molecule has 1 aliphatic rings. The molecule has 0 atom stereocenters. The zero-order valence-corrected chi connectivity index (χ0v) is 11.3. The van der Waals surface area contributed by atoms with Crippen LogP contribution in [0.2, 0.25) is 0 Å². The lowest BCUT2D eigenvalue weighted by molar-refractivity contribution is 0.682. The third-order valence-corrected chi connectivity index (χ3v) is 3.98. The minimum Gasteiger partial charge on any atom is -0.358 e. The SMILES string of the molecule is CCc1ccc2[nH]c(C)c(CCNC3CC3)c2c1. The Labute approximate surface area is 109 Å². The van der Waals surface area contributed by atoms with E-state index in [9.17, 15) is 0 Å². The lowest BCUT2D eigenvalue weighted by Crippen LogP contribution is -2.19. The van der Waals surface area contributed by atoms with Gasteiger partial charge >= 0.3 is 0 Å². The van der Waals surface area contributed by atoms with Gasteiger partial charge in [0.2, 0.25) is 0 Å². The number of fused-ring (bicyclic) bond motifs is 1. The lowest BCUT2D eigenvalue weighted by Gasteiger charge is -2.04. The van der Waals surface area contributed by atoms with Crippen molar-refractivity contribution in [2.24, 2.45) is 0 Å². The van der Waals surface area contributed by atoms with E-state index in [2.05, 4.69) is 42.3 Å². The first-order valence-electron chi connectivity index (χ1n) is 7.11. The fourth-order valence-electron chi connectivity index (χ4n) is 2.66. The van der Waals surface area contributed by atoms with Crippen LogP contribution in [0.15, 0.2) is 18.2 Å². The number of H-pyrrole nitrogens is 1. The van der Waals surface area contributed by atoms with E-state index in [1.165, 1.54) is 40.6 Å². The van der Waals surface area contributed by atoms with Gasteiger partial charge in [0.15, 0.2) is 0 Å². The number of nitrogens with one attached hydrogen (secondary N) is 2. The molecule has 2 nitrogen and oxygen atoms in total. The molecule has 0 bridgehead atoms. The van der Waals surface area contributed by atoms with E-state index < -0.39 is 0 Å². The van der Waals surface area contributed by atoms with Gasteiger partial charge in [-0.05, 0) is 62.4 Å². The van der Waals surface area contributed by atoms with Crippen molar-refractivity contribution in [3.63, 3.8) is 0 Å². The number of aromatic nitrogens is 1. The van der Waals surface area contributed by atoms with Gasteiger partial charge < -0.3 is 10.3 Å². The van der Waals surface area contributed by atoms with Crippen LogP contribution < -0.4 is 5.32 Å². The van der Waals surface area contributed by atoms with Gasteiger partial charge in [-0.2, -0.15) is 0 Å². The summed E-state index contributed by atoms with van der Waals surface area (Å²) in [4.78, 5) is 3.50. The number of aryl methyl sites for hydroxylation is 2. The topological polar surface area (TPSA) is 27.8 Å². The molecule has 1 fully saturated rings. The number of benzene rings is 1. The Balaban J connectivity index is 1.85. The van der Waals surface area contributed by atoms with E-state index in [4.69, 9.17) is 0 Å². The van der Waals surface area contributed by atoms with Gasteiger partial charge in [0.25, 0.3) is 0 Å². The standard InChI is InChI=1S/C16H22N2/c1-3-12-4-7-16-15(10-12)14(11(2)18-16)8-9-17-13-5-6-13/h4,7,10,13,17-18H,3,5-6,8-9H2,1-2H3. The van der Waals surface area contributed by atoms with E-state index in [0.717, 1.165) is 25.4 Å². The molecule has 3 rings (SSSR count). The number of hydrogen-bond acceptors (Lipinski definition) is 1. The zero-order chi connectivity index (χ0) is 12.5. The molecule has 0 amide bonds. The second kappa shape index (κ2) is 4.77. The maximum atomic E-state index is 3.60. The normalized spacial score (nSPS) is 15.4. The highest BCUT2D eigenvalue weighted by atomic mass is 14.9. The quantitative estimate of drug-likeness (QED) is 0.827. The van der Waals surface area contributed by atoms with Crippen molar-refractivity contribution in [2.75, 3.05) is 6.54 Å². The van der Waals surface area contributed by atoms with Crippen molar-refractivity contribution in [2.45, 2.75) is 45.6 Å². The lowest BCUT2D eigenvalue weighted by atomic mass is 10.0. The molecule has 0 spiro atoms. The Kier molecular flexibility index (Phi) is 3.13. The third-order valence-electron chi connectivity index (χ3n) is 3.98. The fourth-order valence-corrected chi connectivity index (χ4v) is 2.66. The molecular formula is C16H22N2. The second-order valence-corrected chi connectivity index (χ2v) is 5.44. The summed E-state index contributed by atoms with van der Waals surface area (Å²) < 4.78 is 0. The molecule has 0 radical (unpaired) electrons. The van der Waals surface area contributed by atoms with Crippen LogP contribution in [0.3, 0.4) is 0 Å². The minimum absolute atomic E-state index is 0.807. The van der Waals surface area contributed by atoms with Crippen LogP contribution in [-0.4, -0.2) is 17.6 Å². The highest BCUT2D eigenvalue weighted by Crippen LogP contribution is 2.24. The number of rotatable bonds is 5. The van der Waals surface area contributed by atoms with Gasteiger partial charge in [-0.25, -0.2) is 0 Å². The Hall–Kier alpha value is -1.28. The van der Waals surface area contributed by atoms with Crippen molar-refractivity contribution in [1.82, 2.24) is 10.3 Å². The van der Waals surface area contributed by atoms with Crippen LogP contribution in [0.1, 0.15) is 36.6 Å². The smallest absolute Gasteiger partial charge is 0.0459 e. The molecule has 0 saturated heterocycles. The van der Waals surface area contributed by atoms with Crippen LogP contribution in [0.5, 0.6) is 0 Å². The molecule has 96 valence electrons. The van der Waals surface area contributed by atoms with Gasteiger partial charge in [0.1, 0.15) is 0 Å². The fraction of sp³-hybridized carbons (Fsp3) is 0.500. The summed E-state index contributed by atoms with van der Waals surface area (Å²) in [6.07, 6.45) is 4.98. The van der Waals surface area contributed by atoms with Gasteiger partial charge in [-0.15, -0.1) is 0 Å². The van der Waals surface area contributed by atoms with Crippen molar-refractivity contribution < 1.29 is 0 Å². The van der Waals surface area contributed by atoms with Crippen molar-refractivity contribution >= 4 is 10.9 Å². The minimum atomic E-state index is 0.807. The molecule has 0 unspecified atom stereocenters. The average molecular weight is 242 g/mol. The van der Waals surface area contributed by atoms with E-state index in [0.29, 0.717) is 0 Å². The molecule has 1 heterocycles. The second-order valence-electron chi connectivity index (χ2n) is 5.44. The monoisotopic (exact) mass is 242 g/mol. The summed E-state index contributed by atoms with van der Waals surface area (Å²) in [6, 6.07) is 7.61. The van der Waals surface area contributed by atoms with Crippen LogP contribution in [0.4, 0.5) is 0 Å². The molecule has 1 saturated carbocycles. The highest BCUT2D eigenvalue weighted by Gasteiger charge is 2.20. The Morgan fingerprint density at radius 2 is 2.17 bits per heavy atom. The van der Waals surface area contributed by atoms with Crippen molar-refractivity contribution in [1.29, 1.82) is 0 Å². The van der Waals surface area contributed by atoms with Gasteiger partial charge in [0, 0.05) is 22.6 Å². The van der Waals surface area contributed by atoms with E-state index in [1.54, 1.807) is 0 Å². The molecular weight excluding hydrogens is 220 g/mol. The molecule has 2 heteroatoms. The largest absolute Gasteiger partial charge is 0.358 e. The molecule has 0 aliphatic heterocycles. The van der Waals surface area contributed by atoms with Crippen LogP contribution in [-0.2, 0) is 12.8 Å². The van der Waals surface area contributed by atoms with Gasteiger partial charge in [-0.3, -0.25) is 0 Å². The summed E-state index contributed by atoms with van der Waals surface area (Å²) in [5.74, 6) is 0. The summed E-state index contributed by atoms with van der Waals surface area (Å²) in [5.41, 5.74) is 5.54. The predicted molar refractivity (Wildman–Crippen MR) is 77.1 cm³/mol. The molecule has 18 heavy (non-hydrogen) atoms. The average Bonchev–Trinajstić information content (AvgIpc) is 3.14. The van der Waals surface area contributed by atoms with E-state index in [1.807, 2.05) is 0 Å². The molecule has 1 aliphatic carbocycles. The summed E-state index contributed by atoms with van der Waals surface area (Å²) in [5, 5.41) is 5.02. The van der Waals surface area contributed by atoms with Gasteiger partial charge in [-0.1, -0.05) is 13.0 Å². The zero-order valence-electron chi connectivity index (χ0n) is 11.3. The molecule has 2 aromatic rings. The maximum Gasteiger partial charge on any atom is 0.0459 e. The molecule has 2 N–H and O–H groups in total. The Morgan fingerprint density at radius 3 is 2.89 bits per heavy atom. The Morgan fingerprint density at radius 1 is 1.33 bits per heavy atom. The van der Waals surface area contributed by atoms with Crippen molar-refractivity contribution in [3.8, 4) is 0 Å².